The Hall–Kier alpha value is -1.90. The first kappa shape index (κ1) is 19.4. The number of hydrogen-bond acceptors (Lipinski definition) is 6. The summed E-state index contributed by atoms with van der Waals surface area (Å²) in [7, 11) is -2.91. The van der Waals surface area contributed by atoms with Crippen LogP contribution in [0, 0.1) is 6.92 Å². The zero-order valence-corrected chi connectivity index (χ0v) is 17.2. The molecule has 1 atom stereocenters. The number of carbonyl (C=O) groups excluding carboxylic acids is 1. The van der Waals surface area contributed by atoms with Gasteiger partial charge in [0.05, 0.1) is 16.5 Å². The van der Waals surface area contributed by atoms with Crippen molar-refractivity contribution in [1.29, 1.82) is 0 Å². The summed E-state index contributed by atoms with van der Waals surface area (Å²) >= 11 is 6.28. The van der Waals surface area contributed by atoms with E-state index in [1.165, 1.54) is 0 Å². The van der Waals surface area contributed by atoms with Gasteiger partial charge in [0.15, 0.2) is 9.84 Å². The van der Waals surface area contributed by atoms with Crippen LogP contribution in [0.3, 0.4) is 0 Å². The van der Waals surface area contributed by atoms with E-state index in [0.29, 0.717) is 60.2 Å². The van der Waals surface area contributed by atoms with Crippen molar-refractivity contribution in [2.45, 2.75) is 19.4 Å². The highest BCUT2D eigenvalue weighted by Crippen LogP contribution is 2.32. The molecule has 150 valence electrons. The van der Waals surface area contributed by atoms with E-state index in [9.17, 15) is 13.2 Å². The first-order valence-corrected chi connectivity index (χ1v) is 11.5. The average Bonchev–Trinajstić information content (AvgIpc) is 3.24. The molecule has 2 saturated heterocycles. The number of aromatic nitrogens is 1. The highest BCUT2D eigenvalue weighted by Gasteiger charge is 2.35. The molecule has 2 aliphatic rings. The fourth-order valence-corrected chi connectivity index (χ4v) is 5.96. The maximum absolute atomic E-state index is 13.2. The Bertz CT molecular complexity index is 996. The number of piperazine rings is 1. The van der Waals surface area contributed by atoms with Gasteiger partial charge in [0.2, 0.25) is 0 Å². The number of rotatable bonds is 3. The van der Waals surface area contributed by atoms with Gasteiger partial charge < -0.3 is 9.42 Å². The monoisotopic (exact) mass is 423 g/mol. The standard InChI is InChI=1S/C19H22ClN3O4S/c1-13-17(18(21-27-13)15-4-2-3-5-16(15)20)19(24)23-9-7-22(8-10-23)14-6-11-28(25,26)12-14/h2-5,14H,6-12H2,1H3. The van der Waals surface area contributed by atoms with Crippen molar-refractivity contribution in [2.75, 3.05) is 37.7 Å². The second-order valence-electron chi connectivity index (χ2n) is 7.33. The summed E-state index contributed by atoms with van der Waals surface area (Å²) < 4.78 is 28.8. The molecule has 1 unspecified atom stereocenters. The summed E-state index contributed by atoms with van der Waals surface area (Å²) in [6, 6.07) is 7.30. The zero-order valence-electron chi connectivity index (χ0n) is 15.6. The van der Waals surface area contributed by atoms with E-state index >= 15 is 0 Å². The number of hydrogen-bond donors (Lipinski definition) is 0. The Labute approximate surface area is 169 Å². The molecule has 28 heavy (non-hydrogen) atoms. The van der Waals surface area contributed by atoms with Crippen LogP contribution in [0.15, 0.2) is 28.8 Å². The van der Waals surface area contributed by atoms with Crippen LogP contribution < -0.4 is 0 Å². The highest BCUT2D eigenvalue weighted by molar-refractivity contribution is 7.91. The average molecular weight is 424 g/mol. The molecule has 1 aromatic heterocycles. The van der Waals surface area contributed by atoms with Crippen molar-refractivity contribution in [3.63, 3.8) is 0 Å². The van der Waals surface area contributed by atoms with Crippen LogP contribution in [0.25, 0.3) is 11.3 Å². The number of carbonyl (C=O) groups is 1. The van der Waals surface area contributed by atoms with Crippen molar-refractivity contribution in [1.82, 2.24) is 15.0 Å². The minimum Gasteiger partial charge on any atom is -0.360 e. The molecule has 0 radical (unpaired) electrons. The molecule has 0 saturated carbocycles. The smallest absolute Gasteiger partial charge is 0.259 e. The molecule has 1 aromatic carbocycles. The van der Waals surface area contributed by atoms with Gasteiger partial charge in [-0.25, -0.2) is 8.42 Å². The Morgan fingerprint density at radius 3 is 2.57 bits per heavy atom. The summed E-state index contributed by atoms with van der Waals surface area (Å²) in [5.74, 6) is 0.817. The number of aryl methyl sites for hydroxylation is 1. The molecule has 0 spiro atoms. The highest BCUT2D eigenvalue weighted by atomic mass is 35.5. The molecule has 2 fully saturated rings. The molecule has 3 heterocycles. The van der Waals surface area contributed by atoms with Gasteiger partial charge in [0.1, 0.15) is 17.0 Å². The van der Waals surface area contributed by atoms with Crippen LogP contribution in [0.4, 0.5) is 0 Å². The number of nitrogens with zero attached hydrogens (tertiary/aromatic N) is 3. The largest absolute Gasteiger partial charge is 0.360 e. The van der Waals surface area contributed by atoms with Gasteiger partial charge in [-0.3, -0.25) is 9.69 Å². The van der Waals surface area contributed by atoms with Gasteiger partial charge in [0.25, 0.3) is 5.91 Å². The fourth-order valence-electron chi connectivity index (χ4n) is 3.97. The lowest BCUT2D eigenvalue weighted by Crippen LogP contribution is -2.52. The third-order valence-corrected chi connectivity index (χ3v) is 7.61. The van der Waals surface area contributed by atoms with Crippen molar-refractivity contribution in [3.8, 4) is 11.3 Å². The maximum Gasteiger partial charge on any atom is 0.259 e. The lowest BCUT2D eigenvalue weighted by Gasteiger charge is -2.37. The van der Waals surface area contributed by atoms with E-state index in [1.807, 2.05) is 18.2 Å². The lowest BCUT2D eigenvalue weighted by atomic mass is 10.0. The fraction of sp³-hybridized carbons (Fsp3) is 0.474. The first-order valence-electron chi connectivity index (χ1n) is 9.30. The van der Waals surface area contributed by atoms with Gasteiger partial charge in [-0.2, -0.15) is 0 Å². The zero-order chi connectivity index (χ0) is 19.9. The SMILES string of the molecule is Cc1onc(-c2ccccc2Cl)c1C(=O)N1CCN(C2CCS(=O)(=O)C2)CC1. The molecule has 9 heteroatoms. The molecule has 0 N–H and O–H groups in total. The molecule has 2 aliphatic heterocycles. The quantitative estimate of drug-likeness (QED) is 0.752. The summed E-state index contributed by atoms with van der Waals surface area (Å²) in [6.45, 7) is 4.14. The van der Waals surface area contributed by atoms with Crippen molar-refractivity contribution < 1.29 is 17.7 Å². The molecule has 7 nitrogen and oxygen atoms in total. The second-order valence-corrected chi connectivity index (χ2v) is 9.96. The van der Waals surface area contributed by atoms with Gasteiger partial charge in [-0.15, -0.1) is 0 Å². The number of benzene rings is 1. The molecule has 1 amide bonds. The predicted molar refractivity (Wildman–Crippen MR) is 106 cm³/mol. The summed E-state index contributed by atoms with van der Waals surface area (Å²) in [4.78, 5) is 17.1. The van der Waals surface area contributed by atoms with E-state index in [-0.39, 0.29) is 23.5 Å². The number of halogens is 1. The molecule has 4 rings (SSSR count). The summed E-state index contributed by atoms with van der Waals surface area (Å²) in [5.41, 5.74) is 1.56. The number of amides is 1. The van der Waals surface area contributed by atoms with Crippen LogP contribution in [0.5, 0.6) is 0 Å². The minimum atomic E-state index is -2.91. The predicted octanol–water partition coefficient (Wildman–Crippen LogP) is 2.25. The first-order chi connectivity index (χ1) is 13.4. The minimum absolute atomic E-state index is 0.0678. The molecule has 0 bridgehead atoms. The Balaban J connectivity index is 1.50. The molecule has 0 aliphatic carbocycles. The van der Waals surface area contributed by atoms with E-state index in [2.05, 4.69) is 10.1 Å². The second kappa shape index (κ2) is 7.50. The van der Waals surface area contributed by atoms with Gasteiger partial charge in [0, 0.05) is 37.8 Å². The van der Waals surface area contributed by atoms with Crippen molar-refractivity contribution in [3.05, 3.63) is 40.6 Å². The van der Waals surface area contributed by atoms with Crippen LogP contribution in [-0.2, 0) is 9.84 Å². The van der Waals surface area contributed by atoms with Crippen LogP contribution in [-0.4, -0.2) is 73.0 Å². The van der Waals surface area contributed by atoms with E-state index in [1.54, 1.807) is 17.9 Å². The van der Waals surface area contributed by atoms with Gasteiger partial charge in [-0.1, -0.05) is 35.0 Å². The van der Waals surface area contributed by atoms with Crippen molar-refractivity contribution >= 4 is 27.3 Å². The van der Waals surface area contributed by atoms with Crippen LogP contribution >= 0.6 is 11.6 Å². The number of sulfone groups is 1. The normalized spacial score (nSPS) is 22.5. The van der Waals surface area contributed by atoms with Gasteiger partial charge in [-0.05, 0) is 19.4 Å². The topological polar surface area (TPSA) is 83.7 Å². The van der Waals surface area contributed by atoms with E-state index < -0.39 is 9.84 Å². The van der Waals surface area contributed by atoms with Crippen molar-refractivity contribution in [2.24, 2.45) is 0 Å². The Kier molecular flexibility index (Phi) is 5.20. The van der Waals surface area contributed by atoms with E-state index in [4.69, 9.17) is 16.1 Å². The summed E-state index contributed by atoms with van der Waals surface area (Å²) in [6.07, 6.45) is 0.678. The Morgan fingerprint density at radius 1 is 1.21 bits per heavy atom. The Morgan fingerprint density at radius 2 is 1.93 bits per heavy atom. The molecular weight excluding hydrogens is 402 g/mol. The molecular formula is C19H22ClN3O4S. The van der Waals surface area contributed by atoms with Gasteiger partial charge >= 0.3 is 0 Å². The third kappa shape index (κ3) is 3.68. The van der Waals surface area contributed by atoms with E-state index in [0.717, 1.165) is 0 Å². The van der Waals surface area contributed by atoms with Crippen LogP contribution in [0.1, 0.15) is 22.5 Å². The third-order valence-electron chi connectivity index (χ3n) is 5.53. The molecule has 2 aromatic rings. The lowest BCUT2D eigenvalue weighted by molar-refractivity contribution is 0.0587. The summed E-state index contributed by atoms with van der Waals surface area (Å²) in [5, 5.41) is 4.58. The van der Waals surface area contributed by atoms with Crippen LogP contribution in [0.2, 0.25) is 5.02 Å². The maximum atomic E-state index is 13.2.